The molecule has 0 bridgehead atoms. The third-order valence-corrected chi connectivity index (χ3v) is 3.14. The molecule has 1 heterocycles. The number of hydrogen-bond acceptors (Lipinski definition) is 4. The highest BCUT2D eigenvalue weighted by atomic mass is 16.5. The lowest BCUT2D eigenvalue weighted by atomic mass is 10.1. The molecule has 1 aromatic carbocycles. The summed E-state index contributed by atoms with van der Waals surface area (Å²) in [6.07, 6.45) is -0.179. The van der Waals surface area contributed by atoms with Crippen LogP contribution in [-0.4, -0.2) is 43.6 Å². The largest absolute Gasteiger partial charge is 0.457 e. The number of benzene rings is 1. The molecule has 4 nitrogen and oxygen atoms in total. The van der Waals surface area contributed by atoms with E-state index in [2.05, 4.69) is 10.2 Å². The van der Waals surface area contributed by atoms with Gasteiger partial charge in [0, 0.05) is 26.2 Å². The molecule has 1 aliphatic heterocycles. The van der Waals surface area contributed by atoms with E-state index >= 15 is 0 Å². The molecule has 4 heteroatoms. The Labute approximate surface area is 108 Å². The van der Waals surface area contributed by atoms with Gasteiger partial charge in [0.1, 0.15) is 6.10 Å². The lowest BCUT2D eigenvalue weighted by Gasteiger charge is -2.26. The van der Waals surface area contributed by atoms with E-state index in [1.165, 1.54) is 0 Å². The first-order valence-corrected chi connectivity index (χ1v) is 6.43. The Balaban J connectivity index is 1.80. The van der Waals surface area contributed by atoms with Crippen LogP contribution in [0.2, 0.25) is 0 Å². The standard InChI is InChI=1S/C14H20N2O2/c1-12(13-5-3-2-4-6-13)18-14(17)11-16-9-7-15-8-10-16/h2-6,12,15H,7-11H2,1H3. The van der Waals surface area contributed by atoms with Crippen LogP contribution in [-0.2, 0) is 9.53 Å². The van der Waals surface area contributed by atoms with Crippen LogP contribution in [0.1, 0.15) is 18.6 Å². The number of nitrogens with one attached hydrogen (secondary N) is 1. The normalized spacial score (nSPS) is 18.3. The zero-order chi connectivity index (χ0) is 12.8. The molecule has 98 valence electrons. The van der Waals surface area contributed by atoms with E-state index in [0.717, 1.165) is 31.7 Å². The Hall–Kier alpha value is -1.39. The van der Waals surface area contributed by atoms with E-state index < -0.39 is 0 Å². The van der Waals surface area contributed by atoms with Crippen LogP contribution in [0.3, 0.4) is 0 Å². The number of carbonyl (C=O) groups is 1. The molecular formula is C14H20N2O2. The Kier molecular flexibility index (Phi) is 4.73. The number of esters is 1. The summed E-state index contributed by atoms with van der Waals surface area (Å²) >= 11 is 0. The lowest BCUT2D eigenvalue weighted by molar-refractivity contribution is -0.150. The number of carbonyl (C=O) groups excluding carboxylic acids is 1. The van der Waals surface area contributed by atoms with Crippen LogP contribution in [0.5, 0.6) is 0 Å². The van der Waals surface area contributed by atoms with Gasteiger partial charge in [-0.1, -0.05) is 30.3 Å². The van der Waals surface area contributed by atoms with Crippen molar-refractivity contribution in [3.63, 3.8) is 0 Å². The molecule has 0 saturated carbocycles. The Bertz CT molecular complexity index is 375. The van der Waals surface area contributed by atoms with E-state index in [9.17, 15) is 4.79 Å². The monoisotopic (exact) mass is 248 g/mol. The summed E-state index contributed by atoms with van der Waals surface area (Å²) in [5.74, 6) is -0.145. The summed E-state index contributed by atoms with van der Waals surface area (Å²) in [7, 11) is 0. The minimum Gasteiger partial charge on any atom is -0.457 e. The zero-order valence-electron chi connectivity index (χ0n) is 10.8. The molecule has 1 unspecified atom stereocenters. The van der Waals surface area contributed by atoms with Gasteiger partial charge in [0.2, 0.25) is 0 Å². The predicted molar refractivity (Wildman–Crippen MR) is 70.3 cm³/mol. The lowest BCUT2D eigenvalue weighted by Crippen LogP contribution is -2.45. The average Bonchev–Trinajstić information content (AvgIpc) is 2.40. The van der Waals surface area contributed by atoms with Gasteiger partial charge in [-0.25, -0.2) is 0 Å². The number of hydrogen-bond donors (Lipinski definition) is 1. The highest BCUT2D eigenvalue weighted by Gasteiger charge is 2.16. The first-order valence-electron chi connectivity index (χ1n) is 6.43. The molecule has 1 saturated heterocycles. The Morgan fingerprint density at radius 2 is 2.00 bits per heavy atom. The van der Waals surface area contributed by atoms with Crippen molar-refractivity contribution in [2.75, 3.05) is 32.7 Å². The first-order chi connectivity index (χ1) is 8.75. The highest BCUT2D eigenvalue weighted by Crippen LogP contribution is 2.16. The molecule has 1 aromatic rings. The third-order valence-electron chi connectivity index (χ3n) is 3.14. The van der Waals surface area contributed by atoms with Gasteiger partial charge in [-0.2, -0.15) is 0 Å². The molecule has 0 aliphatic carbocycles. The third kappa shape index (κ3) is 3.82. The average molecular weight is 248 g/mol. The van der Waals surface area contributed by atoms with Crippen molar-refractivity contribution in [3.05, 3.63) is 35.9 Å². The molecule has 1 N–H and O–H groups in total. The van der Waals surface area contributed by atoms with Gasteiger partial charge in [0.05, 0.1) is 6.54 Å². The fourth-order valence-corrected chi connectivity index (χ4v) is 2.08. The van der Waals surface area contributed by atoms with Crippen molar-refractivity contribution in [3.8, 4) is 0 Å². The summed E-state index contributed by atoms with van der Waals surface area (Å²) in [6.45, 7) is 6.01. The van der Waals surface area contributed by atoms with Crippen molar-refractivity contribution >= 4 is 5.97 Å². The number of nitrogens with zero attached hydrogens (tertiary/aromatic N) is 1. The summed E-state index contributed by atoms with van der Waals surface area (Å²) in [6, 6.07) is 9.82. The van der Waals surface area contributed by atoms with Crippen molar-refractivity contribution in [1.82, 2.24) is 10.2 Å². The van der Waals surface area contributed by atoms with Crippen LogP contribution in [0, 0.1) is 0 Å². The smallest absolute Gasteiger partial charge is 0.320 e. The Morgan fingerprint density at radius 3 is 2.67 bits per heavy atom. The molecular weight excluding hydrogens is 228 g/mol. The minimum atomic E-state index is -0.179. The maximum Gasteiger partial charge on any atom is 0.320 e. The van der Waals surface area contributed by atoms with Crippen molar-refractivity contribution in [2.45, 2.75) is 13.0 Å². The van der Waals surface area contributed by atoms with Crippen molar-refractivity contribution < 1.29 is 9.53 Å². The minimum absolute atomic E-state index is 0.145. The van der Waals surface area contributed by atoms with E-state index in [0.29, 0.717) is 6.54 Å². The van der Waals surface area contributed by atoms with Gasteiger partial charge < -0.3 is 10.1 Å². The maximum atomic E-state index is 11.8. The molecule has 1 atom stereocenters. The zero-order valence-corrected chi connectivity index (χ0v) is 10.8. The molecule has 1 fully saturated rings. The molecule has 0 aromatic heterocycles. The second-order valence-corrected chi connectivity index (χ2v) is 4.57. The van der Waals surface area contributed by atoms with E-state index in [-0.39, 0.29) is 12.1 Å². The van der Waals surface area contributed by atoms with Crippen LogP contribution in [0.4, 0.5) is 0 Å². The highest BCUT2D eigenvalue weighted by molar-refractivity contribution is 5.72. The molecule has 0 amide bonds. The van der Waals surface area contributed by atoms with E-state index in [4.69, 9.17) is 4.74 Å². The van der Waals surface area contributed by atoms with Crippen LogP contribution in [0.15, 0.2) is 30.3 Å². The van der Waals surface area contributed by atoms with Crippen LogP contribution < -0.4 is 5.32 Å². The molecule has 2 rings (SSSR count). The second-order valence-electron chi connectivity index (χ2n) is 4.57. The van der Waals surface area contributed by atoms with E-state index in [1.807, 2.05) is 37.3 Å². The Morgan fingerprint density at radius 1 is 1.33 bits per heavy atom. The van der Waals surface area contributed by atoms with Gasteiger partial charge in [-0.3, -0.25) is 9.69 Å². The summed E-state index contributed by atoms with van der Waals surface area (Å²) in [5.41, 5.74) is 1.03. The molecule has 1 aliphatic rings. The number of piperazine rings is 1. The molecule has 18 heavy (non-hydrogen) atoms. The predicted octanol–water partition coefficient (Wildman–Crippen LogP) is 1.20. The number of rotatable bonds is 4. The molecule has 0 spiro atoms. The van der Waals surface area contributed by atoms with E-state index in [1.54, 1.807) is 0 Å². The van der Waals surface area contributed by atoms with Gasteiger partial charge in [0.25, 0.3) is 0 Å². The SMILES string of the molecule is CC(OC(=O)CN1CCNCC1)c1ccccc1. The summed E-state index contributed by atoms with van der Waals surface area (Å²) < 4.78 is 5.44. The quantitative estimate of drug-likeness (QED) is 0.813. The van der Waals surface area contributed by atoms with Gasteiger partial charge in [-0.05, 0) is 12.5 Å². The maximum absolute atomic E-state index is 11.8. The van der Waals surface area contributed by atoms with Crippen LogP contribution in [0.25, 0.3) is 0 Å². The topological polar surface area (TPSA) is 41.6 Å². The van der Waals surface area contributed by atoms with Gasteiger partial charge in [-0.15, -0.1) is 0 Å². The molecule has 0 radical (unpaired) electrons. The summed E-state index contributed by atoms with van der Waals surface area (Å²) in [4.78, 5) is 13.9. The fourth-order valence-electron chi connectivity index (χ4n) is 2.08. The summed E-state index contributed by atoms with van der Waals surface area (Å²) in [5, 5.41) is 3.26. The first kappa shape index (κ1) is 13.1. The van der Waals surface area contributed by atoms with Crippen molar-refractivity contribution in [1.29, 1.82) is 0 Å². The van der Waals surface area contributed by atoms with Gasteiger partial charge >= 0.3 is 5.97 Å². The second kappa shape index (κ2) is 6.52. The van der Waals surface area contributed by atoms with Crippen molar-refractivity contribution in [2.24, 2.45) is 0 Å². The fraction of sp³-hybridized carbons (Fsp3) is 0.500. The van der Waals surface area contributed by atoms with Crippen LogP contribution >= 0.6 is 0 Å². The number of ether oxygens (including phenoxy) is 1. The van der Waals surface area contributed by atoms with Gasteiger partial charge in [0.15, 0.2) is 0 Å².